The summed E-state index contributed by atoms with van der Waals surface area (Å²) >= 11 is 0. The molecule has 2 rings (SSSR count). The zero-order valence-corrected chi connectivity index (χ0v) is 13.7. The average Bonchev–Trinajstić information content (AvgIpc) is 3.16. The summed E-state index contributed by atoms with van der Waals surface area (Å²) in [6, 6.07) is 4.00. The van der Waals surface area contributed by atoms with Gasteiger partial charge in [-0.05, 0) is 58.6 Å². The molecule has 0 N–H and O–H groups in total. The van der Waals surface area contributed by atoms with Gasteiger partial charge in [-0.3, -0.25) is 4.98 Å². The molecule has 0 saturated heterocycles. The van der Waals surface area contributed by atoms with Gasteiger partial charge < -0.3 is 0 Å². The largest absolute Gasteiger partial charge is 0.262 e. The molecule has 1 aromatic heterocycles. The Balaban J connectivity index is 2.23. The Morgan fingerprint density at radius 1 is 1.45 bits per heavy atom. The van der Waals surface area contributed by atoms with E-state index in [1.165, 1.54) is 12.8 Å². The maximum Gasteiger partial charge on any atom is 0.145 e. The van der Waals surface area contributed by atoms with Crippen molar-refractivity contribution >= 4 is 16.7 Å². The Bertz CT molecular complexity index is 528. The second-order valence-electron chi connectivity index (χ2n) is 6.57. The van der Waals surface area contributed by atoms with Gasteiger partial charge in [0.05, 0.1) is 10.5 Å². The molecule has 20 heavy (non-hydrogen) atoms. The van der Waals surface area contributed by atoms with Crippen LogP contribution in [-0.2, 0) is 11.0 Å². The molecular formula is C16H24N2OS. The molecule has 1 heterocycles. The van der Waals surface area contributed by atoms with Gasteiger partial charge in [-0.1, -0.05) is 12.8 Å². The monoisotopic (exact) mass is 292 g/mol. The summed E-state index contributed by atoms with van der Waals surface area (Å²) in [6.07, 6.45) is 6.55. The Hall–Kier alpha value is -1.03. The summed E-state index contributed by atoms with van der Waals surface area (Å²) in [4.78, 5) is 4.23. The number of aromatic nitrogens is 1. The molecule has 1 aromatic rings. The summed E-state index contributed by atoms with van der Waals surface area (Å²) in [5.74, 6) is 0.853. The molecule has 4 heteroatoms. The molecule has 0 spiro atoms. The fourth-order valence-electron chi connectivity index (χ4n) is 1.95. The van der Waals surface area contributed by atoms with Gasteiger partial charge in [-0.15, -0.1) is 0 Å². The van der Waals surface area contributed by atoms with Crippen molar-refractivity contribution in [2.75, 3.05) is 0 Å². The standard InChI is InChI=1S/C16H24N2OS/c1-12-11-14(9-10-17-12)15(8-7-13-5-6-13)18-20(19)16(2,3)4/h9-11,13H,5-8H2,1-4H3. The minimum atomic E-state index is -1.20. The summed E-state index contributed by atoms with van der Waals surface area (Å²) in [6.45, 7) is 7.86. The number of aryl methyl sites for hydroxylation is 1. The molecule has 0 amide bonds. The number of hydrogen-bond acceptors (Lipinski definition) is 2. The van der Waals surface area contributed by atoms with Crippen LogP contribution in [0.15, 0.2) is 22.7 Å². The van der Waals surface area contributed by atoms with E-state index in [4.69, 9.17) is 0 Å². The number of nitrogens with zero attached hydrogens (tertiary/aromatic N) is 2. The van der Waals surface area contributed by atoms with Crippen molar-refractivity contribution in [3.8, 4) is 0 Å². The van der Waals surface area contributed by atoms with Gasteiger partial charge in [0, 0.05) is 17.5 Å². The van der Waals surface area contributed by atoms with Gasteiger partial charge in [-0.2, -0.15) is 4.40 Å². The van der Waals surface area contributed by atoms with Crippen LogP contribution in [0, 0.1) is 12.8 Å². The van der Waals surface area contributed by atoms with E-state index in [-0.39, 0.29) is 4.75 Å². The van der Waals surface area contributed by atoms with Crippen LogP contribution in [0.3, 0.4) is 0 Å². The van der Waals surface area contributed by atoms with Crippen molar-refractivity contribution in [2.24, 2.45) is 10.3 Å². The predicted molar refractivity (Wildman–Crippen MR) is 85.4 cm³/mol. The van der Waals surface area contributed by atoms with Gasteiger partial charge in [0.2, 0.25) is 0 Å². The van der Waals surface area contributed by atoms with E-state index in [1.54, 1.807) is 6.20 Å². The lowest BCUT2D eigenvalue weighted by atomic mass is 10.0. The molecule has 1 saturated carbocycles. The lowest BCUT2D eigenvalue weighted by Gasteiger charge is -2.15. The molecule has 0 bridgehead atoms. The molecule has 1 unspecified atom stereocenters. The molecule has 1 aliphatic rings. The van der Waals surface area contributed by atoms with E-state index in [1.807, 2.05) is 39.8 Å². The first kappa shape index (κ1) is 15.4. The lowest BCUT2D eigenvalue weighted by Crippen LogP contribution is -2.21. The predicted octanol–water partition coefficient (Wildman–Crippen LogP) is 3.83. The van der Waals surface area contributed by atoms with Gasteiger partial charge in [-0.25, -0.2) is 4.21 Å². The molecule has 3 nitrogen and oxygen atoms in total. The van der Waals surface area contributed by atoms with Crippen LogP contribution in [0.5, 0.6) is 0 Å². The Kier molecular flexibility index (Phi) is 4.74. The molecule has 1 aliphatic carbocycles. The topological polar surface area (TPSA) is 42.3 Å². The summed E-state index contributed by atoms with van der Waals surface area (Å²) in [5.41, 5.74) is 3.01. The van der Waals surface area contributed by atoms with Crippen LogP contribution >= 0.6 is 0 Å². The van der Waals surface area contributed by atoms with Gasteiger partial charge in [0.1, 0.15) is 11.0 Å². The van der Waals surface area contributed by atoms with Crippen molar-refractivity contribution in [2.45, 2.75) is 58.1 Å². The zero-order valence-electron chi connectivity index (χ0n) is 12.8. The van der Waals surface area contributed by atoms with E-state index < -0.39 is 11.0 Å². The number of pyridine rings is 1. The van der Waals surface area contributed by atoms with E-state index in [0.29, 0.717) is 0 Å². The maximum absolute atomic E-state index is 12.3. The Morgan fingerprint density at radius 2 is 2.15 bits per heavy atom. The van der Waals surface area contributed by atoms with Gasteiger partial charge in [0.15, 0.2) is 0 Å². The van der Waals surface area contributed by atoms with Crippen LogP contribution < -0.4 is 0 Å². The third-order valence-corrected chi connectivity index (χ3v) is 4.87. The van der Waals surface area contributed by atoms with Crippen LogP contribution in [0.1, 0.15) is 57.7 Å². The van der Waals surface area contributed by atoms with Crippen LogP contribution in [0.4, 0.5) is 0 Å². The average molecular weight is 292 g/mol. The first-order chi connectivity index (χ1) is 9.36. The van der Waals surface area contributed by atoms with Gasteiger partial charge in [0.25, 0.3) is 0 Å². The highest BCUT2D eigenvalue weighted by molar-refractivity contribution is 7.85. The third-order valence-electron chi connectivity index (χ3n) is 3.43. The fourth-order valence-corrected chi connectivity index (χ4v) is 2.62. The van der Waals surface area contributed by atoms with E-state index in [2.05, 4.69) is 9.38 Å². The second-order valence-corrected chi connectivity index (χ2v) is 8.47. The minimum Gasteiger partial charge on any atom is -0.262 e. The third kappa shape index (κ3) is 4.51. The Morgan fingerprint density at radius 3 is 2.70 bits per heavy atom. The quantitative estimate of drug-likeness (QED) is 0.774. The SMILES string of the molecule is Cc1cc(C(CCC2CC2)=NS(=O)C(C)(C)C)ccn1. The van der Waals surface area contributed by atoms with Gasteiger partial charge >= 0.3 is 0 Å². The Labute approximate surface area is 124 Å². The van der Waals surface area contributed by atoms with E-state index in [0.717, 1.165) is 35.7 Å². The second kappa shape index (κ2) is 6.17. The molecular weight excluding hydrogens is 268 g/mol. The normalized spacial score (nSPS) is 18.1. The van der Waals surface area contributed by atoms with Crippen LogP contribution in [-0.4, -0.2) is 19.7 Å². The highest BCUT2D eigenvalue weighted by Crippen LogP contribution is 2.34. The highest BCUT2D eigenvalue weighted by Gasteiger charge is 2.24. The van der Waals surface area contributed by atoms with Crippen molar-refractivity contribution < 1.29 is 4.21 Å². The summed E-state index contributed by atoms with van der Waals surface area (Å²) in [7, 11) is -1.20. The van der Waals surface area contributed by atoms with Crippen LogP contribution in [0.25, 0.3) is 0 Å². The maximum atomic E-state index is 12.3. The first-order valence-electron chi connectivity index (χ1n) is 7.29. The summed E-state index contributed by atoms with van der Waals surface area (Å²) < 4.78 is 16.5. The van der Waals surface area contributed by atoms with Crippen LogP contribution in [0.2, 0.25) is 0 Å². The lowest BCUT2D eigenvalue weighted by molar-refractivity contribution is 0.650. The van der Waals surface area contributed by atoms with Crippen molar-refractivity contribution in [1.29, 1.82) is 0 Å². The molecule has 0 aromatic carbocycles. The zero-order chi connectivity index (χ0) is 14.8. The minimum absolute atomic E-state index is 0.313. The summed E-state index contributed by atoms with van der Waals surface area (Å²) in [5, 5.41) is 0. The van der Waals surface area contributed by atoms with Crippen molar-refractivity contribution in [1.82, 2.24) is 4.98 Å². The van der Waals surface area contributed by atoms with Crippen molar-refractivity contribution in [3.05, 3.63) is 29.6 Å². The fraction of sp³-hybridized carbons (Fsp3) is 0.625. The van der Waals surface area contributed by atoms with E-state index >= 15 is 0 Å². The first-order valence-corrected chi connectivity index (χ1v) is 8.39. The smallest absolute Gasteiger partial charge is 0.145 e. The molecule has 0 radical (unpaired) electrons. The molecule has 1 fully saturated rings. The number of hydrogen-bond donors (Lipinski definition) is 0. The molecule has 110 valence electrons. The van der Waals surface area contributed by atoms with E-state index in [9.17, 15) is 4.21 Å². The molecule has 1 atom stereocenters. The number of rotatable bonds is 5. The van der Waals surface area contributed by atoms with Crippen molar-refractivity contribution in [3.63, 3.8) is 0 Å². The highest BCUT2D eigenvalue weighted by atomic mass is 32.2. The molecule has 0 aliphatic heterocycles.